The Labute approximate surface area is 146 Å². The molecule has 2 aromatic heterocycles. The van der Waals surface area contributed by atoms with Crippen LogP contribution in [-0.4, -0.2) is 26.8 Å². The van der Waals surface area contributed by atoms with Gasteiger partial charge in [0.05, 0.1) is 10.6 Å². The van der Waals surface area contributed by atoms with Crippen LogP contribution in [0.2, 0.25) is 0 Å². The number of non-ortho nitro benzene ring substituents is 1. The Hall–Kier alpha value is -3.00. The van der Waals surface area contributed by atoms with Crippen molar-refractivity contribution in [1.82, 2.24) is 15.3 Å². The van der Waals surface area contributed by atoms with E-state index in [1.54, 1.807) is 24.4 Å². The topological polar surface area (TPSA) is 101 Å². The summed E-state index contributed by atoms with van der Waals surface area (Å²) in [6, 6.07) is 8.47. The number of nitrogens with one attached hydrogen (secondary N) is 2. The molecule has 0 unspecified atom stereocenters. The second-order valence-electron chi connectivity index (χ2n) is 5.90. The Balaban J connectivity index is 1.57. The zero-order chi connectivity index (χ0) is 17.4. The van der Waals surface area contributed by atoms with Crippen LogP contribution in [0.15, 0.2) is 41.9 Å². The van der Waals surface area contributed by atoms with E-state index in [0.717, 1.165) is 24.1 Å². The van der Waals surface area contributed by atoms with Gasteiger partial charge in [-0.15, -0.1) is 11.3 Å². The SMILES string of the molecule is O=C(NC1CC1)c1cc(-c2csc(-c3cccc([N+](=O)[O-])c3)n2)c[nH]1. The highest BCUT2D eigenvalue weighted by Gasteiger charge is 2.24. The van der Waals surface area contributed by atoms with Crippen LogP contribution >= 0.6 is 11.3 Å². The molecule has 3 aromatic rings. The Kier molecular flexibility index (Phi) is 3.81. The first kappa shape index (κ1) is 15.5. The molecule has 8 heteroatoms. The van der Waals surface area contributed by atoms with Crippen LogP contribution in [0.1, 0.15) is 23.3 Å². The van der Waals surface area contributed by atoms with Crippen LogP contribution in [0.25, 0.3) is 21.8 Å². The van der Waals surface area contributed by atoms with E-state index in [9.17, 15) is 14.9 Å². The molecule has 2 N–H and O–H groups in total. The zero-order valence-electron chi connectivity index (χ0n) is 13.1. The summed E-state index contributed by atoms with van der Waals surface area (Å²) in [5, 5.41) is 16.4. The van der Waals surface area contributed by atoms with Gasteiger partial charge in [-0.2, -0.15) is 0 Å². The summed E-state index contributed by atoms with van der Waals surface area (Å²) in [7, 11) is 0. The van der Waals surface area contributed by atoms with Crippen molar-refractivity contribution in [2.75, 3.05) is 0 Å². The second kappa shape index (κ2) is 6.14. The normalized spacial score (nSPS) is 13.6. The molecule has 0 radical (unpaired) electrons. The van der Waals surface area contributed by atoms with Crippen molar-refractivity contribution in [3.63, 3.8) is 0 Å². The summed E-state index contributed by atoms with van der Waals surface area (Å²) < 4.78 is 0. The molecule has 1 saturated carbocycles. The van der Waals surface area contributed by atoms with E-state index in [-0.39, 0.29) is 11.6 Å². The standard InChI is InChI=1S/C17H14N4O3S/c22-16(19-12-4-5-12)14-7-11(8-18-14)15-9-25-17(20-15)10-2-1-3-13(6-10)21(23)24/h1-3,6-9,12,18H,4-5H2,(H,19,22). The number of H-pyrrole nitrogens is 1. The van der Waals surface area contributed by atoms with Gasteiger partial charge in [0.1, 0.15) is 10.7 Å². The number of hydrogen-bond acceptors (Lipinski definition) is 5. The number of aromatic amines is 1. The van der Waals surface area contributed by atoms with E-state index in [2.05, 4.69) is 15.3 Å². The molecule has 0 bridgehead atoms. The molecule has 126 valence electrons. The molecule has 2 heterocycles. The lowest BCUT2D eigenvalue weighted by Gasteiger charge is -1.99. The molecule has 1 aliphatic rings. The molecule has 4 rings (SSSR count). The first-order chi connectivity index (χ1) is 12.1. The number of nitro groups is 1. The first-order valence-electron chi connectivity index (χ1n) is 7.80. The Morgan fingerprint density at radius 2 is 2.16 bits per heavy atom. The van der Waals surface area contributed by atoms with Gasteiger partial charge in [-0.1, -0.05) is 12.1 Å². The van der Waals surface area contributed by atoms with E-state index >= 15 is 0 Å². The molecule has 25 heavy (non-hydrogen) atoms. The molecule has 0 atom stereocenters. The van der Waals surface area contributed by atoms with Crippen molar-refractivity contribution >= 4 is 22.9 Å². The number of aromatic nitrogens is 2. The van der Waals surface area contributed by atoms with Crippen LogP contribution < -0.4 is 5.32 Å². The first-order valence-corrected chi connectivity index (χ1v) is 8.68. The number of thiazole rings is 1. The highest BCUT2D eigenvalue weighted by Crippen LogP contribution is 2.31. The number of benzene rings is 1. The van der Waals surface area contributed by atoms with Crippen LogP contribution in [-0.2, 0) is 0 Å². The van der Waals surface area contributed by atoms with Crippen molar-refractivity contribution < 1.29 is 9.72 Å². The zero-order valence-corrected chi connectivity index (χ0v) is 13.9. The van der Waals surface area contributed by atoms with Crippen LogP contribution in [0.3, 0.4) is 0 Å². The molecule has 1 fully saturated rings. The lowest BCUT2D eigenvalue weighted by atomic mass is 10.2. The Bertz CT molecular complexity index is 958. The molecule has 0 saturated heterocycles. The van der Waals surface area contributed by atoms with Gasteiger partial charge in [-0.25, -0.2) is 4.98 Å². The Morgan fingerprint density at radius 3 is 2.92 bits per heavy atom. The predicted octanol–water partition coefficient (Wildman–Crippen LogP) is 3.61. The summed E-state index contributed by atoms with van der Waals surface area (Å²) in [6.07, 6.45) is 3.82. The van der Waals surface area contributed by atoms with Gasteiger partial charge in [-0.05, 0) is 18.9 Å². The van der Waals surface area contributed by atoms with Gasteiger partial charge in [0.15, 0.2) is 0 Å². The van der Waals surface area contributed by atoms with Crippen molar-refractivity contribution in [3.05, 3.63) is 57.7 Å². The molecule has 7 nitrogen and oxygen atoms in total. The van der Waals surface area contributed by atoms with E-state index in [1.165, 1.54) is 23.5 Å². The fourth-order valence-corrected chi connectivity index (χ4v) is 3.28. The summed E-state index contributed by atoms with van der Waals surface area (Å²) in [5.74, 6) is -0.108. The quantitative estimate of drug-likeness (QED) is 0.540. The Morgan fingerprint density at radius 1 is 1.32 bits per heavy atom. The van der Waals surface area contributed by atoms with Crippen LogP contribution in [0, 0.1) is 10.1 Å². The van der Waals surface area contributed by atoms with E-state index in [0.29, 0.717) is 22.3 Å². The molecule has 0 aliphatic heterocycles. The predicted molar refractivity (Wildman–Crippen MR) is 94.5 cm³/mol. The smallest absolute Gasteiger partial charge is 0.270 e. The van der Waals surface area contributed by atoms with Crippen LogP contribution in [0.5, 0.6) is 0 Å². The fourth-order valence-electron chi connectivity index (χ4n) is 2.46. The molecule has 1 aromatic carbocycles. The van der Waals surface area contributed by atoms with E-state index < -0.39 is 4.92 Å². The lowest BCUT2D eigenvalue weighted by Crippen LogP contribution is -2.25. The highest BCUT2D eigenvalue weighted by atomic mass is 32.1. The van der Waals surface area contributed by atoms with Crippen molar-refractivity contribution in [2.45, 2.75) is 18.9 Å². The lowest BCUT2D eigenvalue weighted by molar-refractivity contribution is -0.384. The molecule has 1 amide bonds. The number of amides is 1. The van der Waals surface area contributed by atoms with Gasteiger partial charge in [-0.3, -0.25) is 14.9 Å². The molecular formula is C17H14N4O3S. The number of hydrogen-bond donors (Lipinski definition) is 2. The number of nitro benzene ring substituents is 1. The van der Waals surface area contributed by atoms with Gasteiger partial charge >= 0.3 is 0 Å². The third kappa shape index (κ3) is 3.29. The fraction of sp³-hybridized carbons (Fsp3) is 0.176. The van der Waals surface area contributed by atoms with E-state index in [4.69, 9.17) is 0 Å². The largest absolute Gasteiger partial charge is 0.357 e. The monoisotopic (exact) mass is 354 g/mol. The summed E-state index contributed by atoms with van der Waals surface area (Å²) in [5.41, 5.74) is 2.79. The van der Waals surface area contributed by atoms with Gasteiger partial charge in [0.25, 0.3) is 11.6 Å². The highest BCUT2D eigenvalue weighted by molar-refractivity contribution is 7.13. The third-order valence-corrected chi connectivity index (χ3v) is 4.84. The second-order valence-corrected chi connectivity index (χ2v) is 6.75. The van der Waals surface area contributed by atoms with Gasteiger partial charge in [0, 0.05) is 40.9 Å². The van der Waals surface area contributed by atoms with Crippen molar-refractivity contribution in [1.29, 1.82) is 0 Å². The van der Waals surface area contributed by atoms with Gasteiger partial charge < -0.3 is 10.3 Å². The maximum atomic E-state index is 12.0. The molecule has 0 spiro atoms. The molecule has 1 aliphatic carbocycles. The van der Waals surface area contributed by atoms with E-state index in [1.807, 2.05) is 5.38 Å². The van der Waals surface area contributed by atoms with Crippen molar-refractivity contribution in [2.24, 2.45) is 0 Å². The minimum absolute atomic E-state index is 0.0370. The van der Waals surface area contributed by atoms with Crippen molar-refractivity contribution in [3.8, 4) is 21.8 Å². The maximum Gasteiger partial charge on any atom is 0.270 e. The molecular weight excluding hydrogens is 340 g/mol. The summed E-state index contributed by atoms with van der Waals surface area (Å²) >= 11 is 1.41. The number of nitrogens with zero attached hydrogens (tertiary/aromatic N) is 2. The number of rotatable bonds is 5. The van der Waals surface area contributed by atoms with Crippen LogP contribution in [0.4, 0.5) is 5.69 Å². The summed E-state index contributed by atoms with van der Waals surface area (Å²) in [4.78, 5) is 30.0. The maximum absolute atomic E-state index is 12.0. The number of carbonyl (C=O) groups excluding carboxylic acids is 1. The van der Waals surface area contributed by atoms with Gasteiger partial charge in [0.2, 0.25) is 0 Å². The number of carbonyl (C=O) groups is 1. The summed E-state index contributed by atoms with van der Waals surface area (Å²) in [6.45, 7) is 0. The minimum atomic E-state index is -0.422. The minimum Gasteiger partial charge on any atom is -0.357 e. The third-order valence-electron chi connectivity index (χ3n) is 3.94. The average molecular weight is 354 g/mol. The average Bonchev–Trinajstić information content (AvgIpc) is 3.12.